The molecule has 1 atom stereocenters. The normalized spacial score (nSPS) is 11.7. The van der Waals surface area contributed by atoms with Crippen LogP contribution in [0.25, 0.3) is 0 Å². The minimum atomic E-state index is 0. The van der Waals surface area contributed by atoms with E-state index < -0.39 is 0 Å². The fraction of sp³-hybridized carbons (Fsp3) is 0.458. The summed E-state index contributed by atoms with van der Waals surface area (Å²) in [6.07, 6.45) is 1.05. The predicted octanol–water partition coefficient (Wildman–Crippen LogP) is 3.17. The van der Waals surface area contributed by atoms with Crippen molar-refractivity contribution in [3.63, 3.8) is 0 Å². The molecule has 0 spiro atoms. The van der Waals surface area contributed by atoms with Gasteiger partial charge in [-0.15, -0.1) is 0 Å². The first-order valence-electron chi connectivity index (χ1n) is 9.74. The Balaban J connectivity index is 0.00000392. The number of hydrogen-bond donors (Lipinski definition) is 0. The first-order valence-corrected chi connectivity index (χ1v) is 10.7. The van der Waals surface area contributed by atoms with Gasteiger partial charge in [0.15, 0.2) is 5.52 Å². The largest absolute Gasteiger partial charge is 1.00 e. The zero-order valence-electron chi connectivity index (χ0n) is 18.8. The molecule has 0 saturated heterocycles. The van der Waals surface area contributed by atoms with Crippen LogP contribution in [0.3, 0.4) is 0 Å². The molecule has 4 heteroatoms. The van der Waals surface area contributed by atoms with Crippen LogP contribution in [0.5, 0.6) is 5.75 Å². The molecule has 1 unspecified atom stereocenters. The molecule has 2 aromatic rings. The van der Waals surface area contributed by atoms with E-state index in [9.17, 15) is 4.79 Å². The molecule has 2 nitrogen and oxygen atoms in total. The summed E-state index contributed by atoms with van der Waals surface area (Å²) in [5, 5.41) is 1.14. The van der Waals surface area contributed by atoms with Crippen LogP contribution in [0.2, 0.25) is 0 Å². The molecule has 0 N–H and O–H groups in total. The second-order valence-electron chi connectivity index (χ2n) is 8.74. The number of carbonyl (C=O) groups excluding carboxylic acids is 1. The van der Waals surface area contributed by atoms with Crippen molar-refractivity contribution in [1.29, 1.82) is 0 Å². The van der Waals surface area contributed by atoms with Crippen LogP contribution in [0, 0.1) is 19.8 Å². The standard InChI is InChI=1S/C24H33O2P.Li/c1-16(2)12-13-26-21-14-17(3)22(18(4)15-21)27-23(25)19-8-10-20(11-9-19)24(5,6)7;/h8-11,14-16,27H,12-13H2,1-7H3;/q;+1. The Hall–Kier alpha value is -1.06. The third kappa shape index (κ3) is 7.08. The van der Waals surface area contributed by atoms with Crippen LogP contribution in [-0.4, -0.2) is 12.1 Å². The van der Waals surface area contributed by atoms with E-state index in [2.05, 4.69) is 72.7 Å². The van der Waals surface area contributed by atoms with Crippen molar-refractivity contribution in [2.75, 3.05) is 6.61 Å². The molecule has 146 valence electrons. The molecule has 0 fully saturated rings. The van der Waals surface area contributed by atoms with E-state index in [4.69, 9.17) is 4.74 Å². The quantitative estimate of drug-likeness (QED) is 0.535. The Morgan fingerprint density at radius 2 is 1.57 bits per heavy atom. The Morgan fingerprint density at radius 1 is 1.04 bits per heavy atom. The van der Waals surface area contributed by atoms with E-state index in [-0.39, 0.29) is 38.4 Å². The predicted molar refractivity (Wildman–Crippen MR) is 118 cm³/mol. The van der Waals surface area contributed by atoms with Gasteiger partial charge in [-0.05, 0) is 74.3 Å². The summed E-state index contributed by atoms with van der Waals surface area (Å²) in [5.74, 6) is 1.54. The van der Waals surface area contributed by atoms with E-state index in [1.165, 1.54) is 5.56 Å². The number of benzene rings is 2. The topological polar surface area (TPSA) is 26.3 Å². The third-order valence-electron chi connectivity index (χ3n) is 4.72. The maximum absolute atomic E-state index is 12.8. The molecule has 2 rings (SSSR count). The number of ether oxygens (including phenoxy) is 1. The first kappa shape index (κ1) is 25.0. The summed E-state index contributed by atoms with van der Waals surface area (Å²) in [5.41, 5.74) is 4.59. The van der Waals surface area contributed by atoms with E-state index in [0.717, 1.165) is 40.8 Å². The van der Waals surface area contributed by atoms with Crippen molar-refractivity contribution < 1.29 is 28.4 Å². The number of rotatable bonds is 7. The van der Waals surface area contributed by atoms with Gasteiger partial charge in [0.1, 0.15) is 5.75 Å². The van der Waals surface area contributed by atoms with Gasteiger partial charge in [0.2, 0.25) is 0 Å². The van der Waals surface area contributed by atoms with Crippen molar-refractivity contribution in [3.05, 3.63) is 58.7 Å². The molecule has 0 aromatic heterocycles. The van der Waals surface area contributed by atoms with Crippen LogP contribution in [0.4, 0.5) is 0 Å². The van der Waals surface area contributed by atoms with E-state index >= 15 is 0 Å². The number of carbonyl (C=O) groups is 1. The van der Waals surface area contributed by atoms with Crippen LogP contribution in [-0.2, 0) is 5.41 Å². The van der Waals surface area contributed by atoms with Gasteiger partial charge in [0, 0.05) is 5.56 Å². The second-order valence-corrected chi connectivity index (χ2v) is 9.95. The van der Waals surface area contributed by atoms with Crippen molar-refractivity contribution >= 4 is 19.4 Å². The molecule has 0 saturated carbocycles. The molecule has 0 aliphatic rings. The molecular weight excluding hydrogens is 358 g/mol. The molecule has 0 aliphatic heterocycles. The minimum Gasteiger partial charge on any atom is -0.494 e. The van der Waals surface area contributed by atoms with Gasteiger partial charge in [-0.25, -0.2) is 0 Å². The molecule has 0 radical (unpaired) electrons. The van der Waals surface area contributed by atoms with Crippen molar-refractivity contribution in [2.45, 2.75) is 60.3 Å². The van der Waals surface area contributed by atoms with Gasteiger partial charge < -0.3 is 4.74 Å². The van der Waals surface area contributed by atoms with Crippen LogP contribution < -0.4 is 28.9 Å². The Bertz CT molecular complexity index is 766. The molecule has 2 aromatic carbocycles. The van der Waals surface area contributed by atoms with Crippen molar-refractivity contribution in [1.82, 2.24) is 0 Å². The average Bonchev–Trinajstić information content (AvgIpc) is 2.57. The van der Waals surface area contributed by atoms with E-state index in [0.29, 0.717) is 5.92 Å². The minimum absolute atomic E-state index is 0. The Kier molecular flexibility index (Phi) is 9.49. The third-order valence-corrected chi connectivity index (χ3v) is 6.28. The molecule has 0 amide bonds. The zero-order valence-corrected chi connectivity index (χ0v) is 19.8. The number of aryl methyl sites for hydroxylation is 2. The molecule has 28 heavy (non-hydrogen) atoms. The monoisotopic (exact) mass is 391 g/mol. The van der Waals surface area contributed by atoms with E-state index in [1.807, 2.05) is 12.1 Å². The van der Waals surface area contributed by atoms with Crippen LogP contribution >= 0.6 is 8.58 Å². The summed E-state index contributed by atoms with van der Waals surface area (Å²) in [4.78, 5) is 12.8. The summed E-state index contributed by atoms with van der Waals surface area (Å²) in [6.45, 7) is 15.8. The number of hydrogen-bond acceptors (Lipinski definition) is 2. The van der Waals surface area contributed by atoms with Gasteiger partial charge in [-0.2, -0.15) is 0 Å². The van der Waals surface area contributed by atoms with Gasteiger partial charge in [0.05, 0.1) is 6.61 Å². The van der Waals surface area contributed by atoms with E-state index in [1.54, 1.807) is 0 Å². The van der Waals surface area contributed by atoms with Gasteiger partial charge in [-0.3, -0.25) is 4.79 Å². The fourth-order valence-corrected chi connectivity index (χ4v) is 4.00. The second kappa shape index (κ2) is 10.6. The summed E-state index contributed by atoms with van der Waals surface area (Å²) < 4.78 is 5.89. The smallest absolute Gasteiger partial charge is 0.494 e. The molecule has 0 aliphatic carbocycles. The fourth-order valence-electron chi connectivity index (χ4n) is 2.92. The van der Waals surface area contributed by atoms with Crippen LogP contribution in [0.15, 0.2) is 36.4 Å². The van der Waals surface area contributed by atoms with Gasteiger partial charge >= 0.3 is 18.9 Å². The summed E-state index contributed by atoms with van der Waals surface area (Å²) >= 11 is 0. The van der Waals surface area contributed by atoms with Crippen molar-refractivity contribution in [3.8, 4) is 5.75 Å². The van der Waals surface area contributed by atoms with Gasteiger partial charge in [-0.1, -0.05) is 58.9 Å². The SMILES string of the molecule is Cc1cc(OCCC(C)C)cc(C)c1PC(=O)c1ccc(C(C)(C)C)cc1.[Li+]. The summed E-state index contributed by atoms with van der Waals surface area (Å²) in [7, 11) is 0.137. The average molecular weight is 391 g/mol. The Morgan fingerprint density at radius 3 is 2.04 bits per heavy atom. The Labute approximate surface area is 184 Å². The maximum atomic E-state index is 12.8. The molecular formula is C24H33LiO2P+. The zero-order chi connectivity index (χ0) is 20.2. The van der Waals surface area contributed by atoms with Crippen LogP contribution in [0.1, 0.15) is 68.1 Å². The summed E-state index contributed by atoms with van der Waals surface area (Å²) in [6, 6.07) is 12.2. The maximum Gasteiger partial charge on any atom is 1.00 e. The van der Waals surface area contributed by atoms with Crippen molar-refractivity contribution in [2.24, 2.45) is 5.92 Å². The first-order chi connectivity index (χ1) is 12.6. The molecule has 0 heterocycles. The van der Waals surface area contributed by atoms with Gasteiger partial charge in [0.25, 0.3) is 0 Å². The molecule has 0 bridgehead atoms.